The van der Waals surface area contributed by atoms with Crippen molar-refractivity contribution in [2.75, 3.05) is 20.2 Å². The summed E-state index contributed by atoms with van der Waals surface area (Å²) in [4.78, 5) is 2.75. The molecule has 1 aliphatic rings. The van der Waals surface area contributed by atoms with Gasteiger partial charge in [0.25, 0.3) is 0 Å². The molecule has 1 aliphatic carbocycles. The minimum atomic E-state index is 0.442. The second-order valence-electron chi connectivity index (χ2n) is 8.69. The standard InChI is InChI=1S/C29H35NO/c1-3-20-30(26-17-18-28-25(22-26)15-10-16-29(28)31-2)21-19-27(23-11-6-4-7-12-23)24-13-8-5-9-14-24/h4-16,26-27H,3,17-22H2,1-2H3. The molecule has 3 aromatic carbocycles. The minimum Gasteiger partial charge on any atom is -0.496 e. The Morgan fingerprint density at radius 2 is 1.55 bits per heavy atom. The molecular weight excluding hydrogens is 378 g/mol. The molecule has 0 bridgehead atoms. The average molecular weight is 414 g/mol. The molecule has 0 aliphatic heterocycles. The van der Waals surface area contributed by atoms with Crippen LogP contribution in [0.3, 0.4) is 0 Å². The number of ether oxygens (including phenoxy) is 1. The van der Waals surface area contributed by atoms with Gasteiger partial charge in [-0.1, -0.05) is 79.7 Å². The highest BCUT2D eigenvalue weighted by Crippen LogP contribution is 2.33. The Balaban J connectivity index is 1.51. The Labute approximate surface area is 187 Å². The van der Waals surface area contributed by atoms with E-state index in [1.54, 1.807) is 7.11 Å². The van der Waals surface area contributed by atoms with E-state index in [4.69, 9.17) is 4.74 Å². The Bertz CT molecular complexity index is 898. The molecule has 3 aromatic rings. The molecule has 0 aromatic heterocycles. The van der Waals surface area contributed by atoms with E-state index in [1.807, 2.05) is 0 Å². The summed E-state index contributed by atoms with van der Waals surface area (Å²) < 4.78 is 5.62. The van der Waals surface area contributed by atoms with Crippen LogP contribution in [0.15, 0.2) is 78.9 Å². The molecule has 0 radical (unpaired) electrons. The highest BCUT2D eigenvalue weighted by atomic mass is 16.5. The van der Waals surface area contributed by atoms with Gasteiger partial charge < -0.3 is 9.64 Å². The quantitative estimate of drug-likeness (QED) is 0.398. The van der Waals surface area contributed by atoms with Crippen LogP contribution in [0.4, 0.5) is 0 Å². The number of hydrogen-bond donors (Lipinski definition) is 0. The van der Waals surface area contributed by atoms with Crippen molar-refractivity contribution in [2.24, 2.45) is 0 Å². The molecule has 4 rings (SSSR count). The van der Waals surface area contributed by atoms with Gasteiger partial charge in [-0.25, -0.2) is 0 Å². The highest BCUT2D eigenvalue weighted by Gasteiger charge is 2.26. The summed E-state index contributed by atoms with van der Waals surface area (Å²) in [6.45, 7) is 4.60. The van der Waals surface area contributed by atoms with E-state index >= 15 is 0 Å². The Morgan fingerprint density at radius 3 is 2.16 bits per heavy atom. The van der Waals surface area contributed by atoms with E-state index in [2.05, 4.69) is 90.7 Å². The largest absolute Gasteiger partial charge is 0.496 e. The summed E-state index contributed by atoms with van der Waals surface area (Å²) in [7, 11) is 1.79. The first-order chi connectivity index (χ1) is 15.3. The van der Waals surface area contributed by atoms with Crippen molar-refractivity contribution in [2.45, 2.75) is 51.0 Å². The lowest BCUT2D eigenvalue weighted by Crippen LogP contribution is -2.41. The van der Waals surface area contributed by atoms with E-state index in [-0.39, 0.29) is 0 Å². The van der Waals surface area contributed by atoms with Crippen LogP contribution in [0.25, 0.3) is 0 Å². The molecule has 0 N–H and O–H groups in total. The summed E-state index contributed by atoms with van der Waals surface area (Å²) in [6.07, 6.45) is 5.81. The lowest BCUT2D eigenvalue weighted by Gasteiger charge is -2.36. The van der Waals surface area contributed by atoms with Crippen LogP contribution in [0.1, 0.15) is 54.4 Å². The van der Waals surface area contributed by atoms with Gasteiger partial charge in [-0.15, -0.1) is 0 Å². The van der Waals surface area contributed by atoms with Crippen molar-refractivity contribution >= 4 is 0 Å². The fourth-order valence-corrected chi connectivity index (χ4v) is 5.21. The first kappa shape index (κ1) is 21.6. The minimum absolute atomic E-state index is 0.442. The summed E-state index contributed by atoms with van der Waals surface area (Å²) in [5.74, 6) is 1.50. The summed E-state index contributed by atoms with van der Waals surface area (Å²) >= 11 is 0. The zero-order valence-corrected chi connectivity index (χ0v) is 19.0. The normalized spacial score (nSPS) is 15.8. The van der Waals surface area contributed by atoms with Crippen LogP contribution in [0, 0.1) is 0 Å². The van der Waals surface area contributed by atoms with Gasteiger partial charge in [0, 0.05) is 12.0 Å². The maximum atomic E-state index is 5.62. The van der Waals surface area contributed by atoms with Crippen molar-refractivity contribution in [3.8, 4) is 5.75 Å². The van der Waals surface area contributed by atoms with Crippen molar-refractivity contribution in [3.63, 3.8) is 0 Å². The zero-order valence-electron chi connectivity index (χ0n) is 19.0. The van der Waals surface area contributed by atoms with Crippen molar-refractivity contribution < 1.29 is 4.74 Å². The fourth-order valence-electron chi connectivity index (χ4n) is 5.21. The van der Waals surface area contributed by atoms with Gasteiger partial charge >= 0.3 is 0 Å². The van der Waals surface area contributed by atoms with Crippen LogP contribution in [0.5, 0.6) is 5.75 Å². The number of rotatable bonds is 9. The second-order valence-corrected chi connectivity index (χ2v) is 8.69. The van der Waals surface area contributed by atoms with Gasteiger partial charge in [0.1, 0.15) is 5.75 Å². The second kappa shape index (κ2) is 10.6. The van der Waals surface area contributed by atoms with Gasteiger partial charge in [0.05, 0.1) is 7.11 Å². The Kier molecular flexibility index (Phi) is 7.43. The molecular formula is C29H35NO. The van der Waals surface area contributed by atoms with E-state index in [0.29, 0.717) is 12.0 Å². The average Bonchev–Trinajstić information content (AvgIpc) is 2.84. The van der Waals surface area contributed by atoms with Gasteiger partial charge in [-0.3, -0.25) is 0 Å². The molecule has 0 fully saturated rings. The van der Waals surface area contributed by atoms with E-state index < -0.39 is 0 Å². The molecule has 0 spiro atoms. The number of benzene rings is 3. The van der Waals surface area contributed by atoms with Crippen molar-refractivity contribution in [1.82, 2.24) is 4.90 Å². The van der Waals surface area contributed by atoms with Crippen LogP contribution < -0.4 is 4.74 Å². The fraction of sp³-hybridized carbons (Fsp3) is 0.379. The molecule has 2 heteroatoms. The predicted octanol–water partition coefficient (Wildman–Crippen LogP) is 6.49. The third kappa shape index (κ3) is 5.19. The molecule has 0 saturated heterocycles. The molecule has 2 nitrogen and oxygen atoms in total. The van der Waals surface area contributed by atoms with Crippen LogP contribution in [0.2, 0.25) is 0 Å². The first-order valence-corrected chi connectivity index (χ1v) is 11.8. The maximum absolute atomic E-state index is 5.62. The molecule has 31 heavy (non-hydrogen) atoms. The van der Waals surface area contributed by atoms with E-state index in [1.165, 1.54) is 41.6 Å². The smallest absolute Gasteiger partial charge is 0.122 e. The van der Waals surface area contributed by atoms with Crippen LogP contribution in [-0.4, -0.2) is 31.1 Å². The lowest BCUT2D eigenvalue weighted by molar-refractivity contribution is 0.175. The predicted molar refractivity (Wildman–Crippen MR) is 130 cm³/mol. The van der Waals surface area contributed by atoms with Gasteiger partial charge in [0.15, 0.2) is 0 Å². The van der Waals surface area contributed by atoms with Gasteiger partial charge in [-0.2, -0.15) is 0 Å². The molecule has 0 heterocycles. The first-order valence-electron chi connectivity index (χ1n) is 11.8. The molecule has 162 valence electrons. The van der Waals surface area contributed by atoms with Crippen LogP contribution >= 0.6 is 0 Å². The molecule has 1 atom stereocenters. The monoisotopic (exact) mass is 413 g/mol. The highest BCUT2D eigenvalue weighted by molar-refractivity contribution is 5.42. The molecule has 0 saturated carbocycles. The number of methoxy groups -OCH3 is 1. The summed E-state index contributed by atoms with van der Waals surface area (Å²) in [6, 6.07) is 29.2. The Hall–Kier alpha value is -2.58. The summed E-state index contributed by atoms with van der Waals surface area (Å²) in [5.41, 5.74) is 5.73. The zero-order chi connectivity index (χ0) is 21.5. The van der Waals surface area contributed by atoms with Crippen LogP contribution in [-0.2, 0) is 12.8 Å². The summed E-state index contributed by atoms with van der Waals surface area (Å²) in [5, 5.41) is 0. The topological polar surface area (TPSA) is 12.5 Å². The third-order valence-corrected chi connectivity index (χ3v) is 6.77. The number of nitrogens with zero attached hydrogens (tertiary/aromatic N) is 1. The SMILES string of the molecule is CCCN(CCC(c1ccccc1)c1ccccc1)C1CCc2c(cccc2OC)C1. The van der Waals surface area contributed by atoms with E-state index in [9.17, 15) is 0 Å². The van der Waals surface area contributed by atoms with Crippen molar-refractivity contribution in [3.05, 3.63) is 101 Å². The molecule has 0 amide bonds. The maximum Gasteiger partial charge on any atom is 0.122 e. The van der Waals surface area contributed by atoms with Gasteiger partial charge in [-0.05, 0) is 73.5 Å². The van der Waals surface area contributed by atoms with E-state index in [0.717, 1.165) is 31.6 Å². The lowest BCUT2D eigenvalue weighted by atomic mass is 9.85. The Morgan fingerprint density at radius 1 is 0.871 bits per heavy atom. The third-order valence-electron chi connectivity index (χ3n) is 6.77. The van der Waals surface area contributed by atoms with Crippen molar-refractivity contribution in [1.29, 1.82) is 0 Å². The molecule has 1 unspecified atom stereocenters. The number of hydrogen-bond acceptors (Lipinski definition) is 2. The van der Waals surface area contributed by atoms with Gasteiger partial charge in [0.2, 0.25) is 0 Å². The number of fused-ring (bicyclic) bond motifs is 1.